The fourth-order valence-corrected chi connectivity index (χ4v) is 3.61. The second kappa shape index (κ2) is 3.83. The summed E-state index contributed by atoms with van der Waals surface area (Å²) < 4.78 is 5.60. The molecule has 5 rings (SSSR count). The molecule has 3 aromatic carbocycles. The third kappa shape index (κ3) is 1.48. The van der Waals surface area contributed by atoms with Gasteiger partial charge in [-0.1, -0.05) is 36.4 Å². The maximum absolute atomic E-state index is 10.3. The number of hydrogen-bond donors (Lipinski definition) is 2. The van der Waals surface area contributed by atoms with Crippen LogP contribution in [0.5, 0.6) is 0 Å². The number of ether oxygens (including phenoxy) is 1. The molecule has 104 valence electrons. The van der Waals surface area contributed by atoms with Gasteiger partial charge in [0.15, 0.2) is 0 Å². The van der Waals surface area contributed by atoms with E-state index in [1.54, 1.807) is 0 Å². The zero-order valence-corrected chi connectivity index (χ0v) is 11.2. The lowest BCUT2D eigenvalue weighted by molar-refractivity contribution is 0.000106. The molecule has 0 amide bonds. The highest BCUT2D eigenvalue weighted by atomic mass is 16.6. The molecular weight excluding hydrogens is 264 g/mol. The highest BCUT2D eigenvalue weighted by molar-refractivity contribution is 6.00. The Morgan fingerprint density at radius 3 is 2.43 bits per heavy atom. The monoisotopic (exact) mass is 278 g/mol. The molecule has 0 spiro atoms. The standard InChI is InChI=1S/C18H14O3/c19-15-12-6-5-11-7-9-3-1-2-4-10(9)8-13(11)14(12)17-18(21-17)16(15)20/h1-8,15-20H/t15-,16+,17?,18-/m0/s1. The number of benzene rings is 3. The number of aliphatic hydroxyl groups excluding tert-OH is 2. The number of rotatable bonds is 0. The lowest BCUT2D eigenvalue weighted by atomic mass is 9.84. The second-order valence-corrected chi connectivity index (χ2v) is 5.95. The first-order valence-corrected chi connectivity index (χ1v) is 7.21. The van der Waals surface area contributed by atoms with Gasteiger partial charge in [-0.15, -0.1) is 0 Å². The molecule has 21 heavy (non-hydrogen) atoms. The molecule has 0 saturated carbocycles. The van der Waals surface area contributed by atoms with Crippen LogP contribution in [0, 0.1) is 0 Å². The van der Waals surface area contributed by atoms with E-state index in [1.807, 2.05) is 24.3 Å². The molecule has 2 N–H and O–H groups in total. The summed E-state index contributed by atoms with van der Waals surface area (Å²) >= 11 is 0. The Labute approximate surface area is 121 Å². The molecule has 1 unspecified atom stereocenters. The van der Waals surface area contributed by atoms with Gasteiger partial charge in [0.05, 0.1) is 0 Å². The summed E-state index contributed by atoms with van der Waals surface area (Å²) in [6.07, 6.45) is -2.02. The van der Waals surface area contributed by atoms with Gasteiger partial charge in [0.25, 0.3) is 0 Å². The molecule has 2 aliphatic rings. The summed E-state index contributed by atoms with van der Waals surface area (Å²) in [7, 11) is 0. The molecule has 0 bridgehead atoms. The van der Waals surface area contributed by atoms with Crippen molar-refractivity contribution >= 4 is 21.5 Å². The van der Waals surface area contributed by atoms with Crippen molar-refractivity contribution in [3.63, 3.8) is 0 Å². The van der Waals surface area contributed by atoms with Crippen LogP contribution in [-0.2, 0) is 4.74 Å². The minimum absolute atomic E-state index is 0.0803. The second-order valence-electron chi connectivity index (χ2n) is 5.95. The van der Waals surface area contributed by atoms with Gasteiger partial charge >= 0.3 is 0 Å². The molecule has 1 heterocycles. The maximum Gasteiger partial charge on any atom is 0.118 e. The number of aliphatic hydroxyl groups is 2. The van der Waals surface area contributed by atoms with Gasteiger partial charge in [0, 0.05) is 0 Å². The smallest absolute Gasteiger partial charge is 0.118 e. The SMILES string of the molecule is O[C@H]1[C@@H]2OC2c2c(ccc3cc4ccccc4cc23)[C@@H]1O. The summed E-state index contributed by atoms with van der Waals surface area (Å²) in [6.45, 7) is 0. The summed E-state index contributed by atoms with van der Waals surface area (Å²) in [6, 6.07) is 16.5. The largest absolute Gasteiger partial charge is 0.387 e. The summed E-state index contributed by atoms with van der Waals surface area (Å²) in [4.78, 5) is 0. The Balaban J connectivity index is 1.87. The van der Waals surface area contributed by atoms with Crippen molar-refractivity contribution in [3.05, 3.63) is 59.7 Å². The first-order chi connectivity index (χ1) is 10.2. The van der Waals surface area contributed by atoms with Crippen molar-refractivity contribution in [2.45, 2.75) is 24.4 Å². The predicted octanol–water partition coefficient (Wildman–Crippen LogP) is 2.84. The van der Waals surface area contributed by atoms with Crippen LogP contribution in [0.1, 0.15) is 23.3 Å². The molecule has 1 aliphatic carbocycles. The van der Waals surface area contributed by atoms with Crippen LogP contribution in [0.3, 0.4) is 0 Å². The van der Waals surface area contributed by atoms with Crippen molar-refractivity contribution < 1.29 is 14.9 Å². The van der Waals surface area contributed by atoms with Crippen LogP contribution in [0.2, 0.25) is 0 Å². The van der Waals surface area contributed by atoms with Crippen LogP contribution >= 0.6 is 0 Å². The first kappa shape index (κ1) is 11.7. The summed E-state index contributed by atoms with van der Waals surface area (Å²) in [5, 5.41) is 24.9. The summed E-state index contributed by atoms with van der Waals surface area (Å²) in [5.74, 6) is 0. The Morgan fingerprint density at radius 2 is 1.62 bits per heavy atom. The zero-order chi connectivity index (χ0) is 14.1. The van der Waals surface area contributed by atoms with E-state index >= 15 is 0 Å². The fourth-order valence-electron chi connectivity index (χ4n) is 3.61. The van der Waals surface area contributed by atoms with Gasteiger partial charge in [0.2, 0.25) is 0 Å². The van der Waals surface area contributed by atoms with Gasteiger partial charge in [-0.05, 0) is 44.8 Å². The highest BCUT2D eigenvalue weighted by Crippen LogP contribution is 2.53. The van der Waals surface area contributed by atoms with Crippen molar-refractivity contribution in [1.82, 2.24) is 0 Å². The van der Waals surface area contributed by atoms with Crippen molar-refractivity contribution in [2.75, 3.05) is 0 Å². The Hall–Kier alpha value is -1.94. The van der Waals surface area contributed by atoms with E-state index in [9.17, 15) is 10.2 Å². The molecular formula is C18H14O3. The van der Waals surface area contributed by atoms with Crippen molar-refractivity contribution in [1.29, 1.82) is 0 Å². The molecule has 3 aromatic rings. The Morgan fingerprint density at radius 1 is 0.857 bits per heavy atom. The van der Waals surface area contributed by atoms with Gasteiger partial charge in [0.1, 0.15) is 24.4 Å². The van der Waals surface area contributed by atoms with E-state index < -0.39 is 12.2 Å². The van der Waals surface area contributed by atoms with E-state index in [-0.39, 0.29) is 12.2 Å². The molecule has 1 aliphatic heterocycles. The van der Waals surface area contributed by atoms with E-state index in [4.69, 9.17) is 4.74 Å². The van der Waals surface area contributed by atoms with Gasteiger partial charge in [-0.2, -0.15) is 0 Å². The van der Waals surface area contributed by atoms with Gasteiger partial charge in [-0.25, -0.2) is 0 Å². The van der Waals surface area contributed by atoms with Crippen LogP contribution in [0.15, 0.2) is 48.5 Å². The van der Waals surface area contributed by atoms with Gasteiger partial charge in [-0.3, -0.25) is 0 Å². The minimum atomic E-state index is -0.861. The number of hydrogen-bond acceptors (Lipinski definition) is 3. The van der Waals surface area contributed by atoms with E-state index in [2.05, 4.69) is 24.3 Å². The van der Waals surface area contributed by atoms with Crippen LogP contribution < -0.4 is 0 Å². The molecule has 3 heteroatoms. The summed E-state index contributed by atoms with van der Waals surface area (Å²) in [5.41, 5.74) is 1.84. The first-order valence-electron chi connectivity index (χ1n) is 7.21. The lowest BCUT2D eigenvalue weighted by Crippen LogP contribution is -2.29. The molecule has 0 radical (unpaired) electrons. The predicted molar refractivity (Wildman–Crippen MR) is 80.0 cm³/mol. The number of epoxide rings is 1. The van der Waals surface area contributed by atoms with Gasteiger partial charge < -0.3 is 14.9 Å². The third-order valence-electron chi connectivity index (χ3n) is 4.75. The molecule has 1 saturated heterocycles. The quantitative estimate of drug-likeness (QED) is 0.491. The minimum Gasteiger partial charge on any atom is -0.387 e. The average molecular weight is 278 g/mol. The van der Waals surface area contributed by atoms with Crippen LogP contribution in [0.4, 0.5) is 0 Å². The third-order valence-corrected chi connectivity index (χ3v) is 4.75. The normalized spacial score (nSPS) is 30.2. The maximum atomic E-state index is 10.3. The van der Waals surface area contributed by atoms with E-state index in [0.29, 0.717) is 0 Å². The molecule has 0 aromatic heterocycles. The topological polar surface area (TPSA) is 53.0 Å². The number of fused-ring (bicyclic) bond motifs is 6. The Kier molecular flexibility index (Phi) is 2.13. The fraction of sp³-hybridized carbons (Fsp3) is 0.222. The molecule has 1 fully saturated rings. The van der Waals surface area contributed by atoms with Crippen molar-refractivity contribution in [3.8, 4) is 0 Å². The Bertz CT molecular complexity index is 886. The van der Waals surface area contributed by atoms with Crippen molar-refractivity contribution in [2.24, 2.45) is 0 Å². The van der Waals surface area contributed by atoms with Crippen LogP contribution in [-0.4, -0.2) is 22.4 Å². The molecule has 4 atom stereocenters. The average Bonchev–Trinajstić information content (AvgIpc) is 3.30. The lowest BCUT2D eigenvalue weighted by Gasteiger charge is -2.24. The zero-order valence-electron chi connectivity index (χ0n) is 11.2. The van der Waals surface area contributed by atoms with Crippen LogP contribution in [0.25, 0.3) is 21.5 Å². The highest BCUT2D eigenvalue weighted by Gasteiger charge is 2.54. The molecule has 3 nitrogen and oxygen atoms in total. The van der Waals surface area contributed by atoms with E-state index in [0.717, 1.165) is 21.9 Å². The van der Waals surface area contributed by atoms with E-state index in [1.165, 1.54) is 10.8 Å².